The number of ether oxygens (including phenoxy) is 1. The molecular weight excluding hydrogens is 284 g/mol. The number of aryl methyl sites for hydroxylation is 1. The summed E-state index contributed by atoms with van der Waals surface area (Å²) in [7, 11) is 1.67. The van der Waals surface area contributed by atoms with Crippen LogP contribution in [0, 0.1) is 6.92 Å². The molecule has 0 atom stereocenters. The van der Waals surface area contributed by atoms with E-state index in [1.54, 1.807) is 7.11 Å². The predicted octanol–water partition coefficient (Wildman–Crippen LogP) is 4.14. The maximum atomic E-state index is 6.07. The largest absolute Gasteiger partial charge is 0.497 e. The van der Waals surface area contributed by atoms with E-state index in [1.165, 1.54) is 11.1 Å². The van der Waals surface area contributed by atoms with Crippen LogP contribution in [0.4, 0.5) is 0 Å². The second-order valence-electron chi connectivity index (χ2n) is 5.03. The van der Waals surface area contributed by atoms with Gasteiger partial charge in [-0.25, -0.2) is 4.98 Å². The third kappa shape index (κ3) is 2.61. The summed E-state index contributed by atoms with van der Waals surface area (Å²) in [5.41, 5.74) is 4.53. The van der Waals surface area contributed by atoms with Gasteiger partial charge in [0.1, 0.15) is 11.6 Å². The molecular formula is C17H17ClN2O. The molecule has 3 rings (SSSR count). The van der Waals surface area contributed by atoms with E-state index in [9.17, 15) is 0 Å². The zero-order valence-corrected chi connectivity index (χ0v) is 12.9. The molecule has 0 aliphatic heterocycles. The lowest BCUT2D eigenvalue weighted by Gasteiger charge is -2.10. The van der Waals surface area contributed by atoms with Crippen molar-refractivity contribution in [3.8, 4) is 5.75 Å². The normalized spacial score (nSPS) is 11.0. The molecule has 1 heterocycles. The van der Waals surface area contributed by atoms with E-state index < -0.39 is 0 Å². The highest BCUT2D eigenvalue weighted by Gasteiger charge is 2.12. The zero-order valence-electron chi connectivity index (χ0n) is 12.1. The molecule has 0 unspecified atom stereocenters. The monoisotopic (exact) mass is 300 g/mol. The van der Waals surface area contributed by atoms with Gasteiger partial charge in [0.05, 0.1) is 24.0 Å². The average molecular weight is 301 g/mol. The topological polar surface area (TPSA) is 27.1 Å². The minimum Gasteiger partial charge on any atom is -0.497 e. The van der Waals surface area contributed by atoms with Crippen LogP contribution in [0.3, 0.4) is 0 Å². The minimum absolute atomic E-state index is 0.392. The summed E-state index contributed by atoms with van der Waals surface area (Å²) >= 11 is 6.07. The molecule has 0 aliphatic rings. The Morgan fingerprint density at radius 3 is 2.71 bits per heavy atom. The Bertz CT molecular complexity index is 780. The standard InChI is InChI=1S/C17H17ClN2O/c1-12-5-3-4-6-13(12)11-20-16-9-14(21-2)7-8-15(16)19-17(20)10-18/h3-9H,10-11H2,1-2H3. The number of aromatic nitrogens is 2. The van der Waals surface area contributed by atoms with Crippen LogP contribution < -0.4 is 4.74 Å². The van der Waals surface area contributed by atoms with Gasteiger partial charge in [0.25, 0.3) is 0 Å². The molecule has 2 aromatic carbocycles. The van der Waals surface area contributed by atoms with E-state index in [0.29, 0.717) is 5.88 Å². The third-order valence-electron chi connectivity index (χ3n) is 3.74. The Balaban J connectivity index is 2.13. The molecule has 0 aliphatic carbocycles. The Morgan fingerprint density at radius 1 is 1.19 bits per heavy atom. The number of rotatable bonds is 4. The van der Waals surface area contributed by atoms with Gasteiger partial charge in [-0.2, -0.15) is 0 Å². The van der Waals surface area contributed by atoms with Crippen molar-refractivity contribution in [1.82, 2.24) is 9.55 Å². The van der Waals surface area contributed by atoms with Crippen LogP contribution in [0.25, 0.3) is 11.0 Å². The summed E-state index contributed by atoms with van der Waals surface area (Å²) in [6.45, 7) is 2.88. The van der Waals surface area contributed by atoms with Crippen LogP contribution in [0.2, 0.25) is 0 Å². The number of hydrogen-bond acceptors (Lipinski definition) is 2. The van der Waals surface area contributed by atoms with Gasteiger partial charge in [-0.05, 0) is 30.2 Å². The van der Waals surface area contributed by atoms with Crippen molar-refractivity contribution in [2.75, 3.05) is 7.11 Å². The SMILES string of the molecule is COc1ccc2nc(CCl)n(Cc3ccccc3C)c2c1. The third-order valence-corrected chi connectivity index (χ3v) is 3.98. The highest BCUT2D eigenvalue weighted by atomic mass is 35.5. The van der Waals surface area contributed by atoms with Crippen molar-refractivity contribution in [2.24, 2.45) is 0 Å². The second-order valence-corrected chi connectivity index (χ2v) is 5.30. The fourth-order valence-electron chi connectivity index (χ4n) is 2.52. The maximum Gasteiger partial charge on any atom is 0.125 e. The van der Waals surface area contributed by atoms with Crippen LogP contribution in [-0.2, 0) is 12.4 Å². The van der Waals surface area contributed by atoms with Gasteiger partial charge in [-0.1, -0.05) is 24.3 Å². The Kier molecular flexibility index (Phi) is 3.84. The van der Waals surface area contributed by atoms with Crippen molar-refractivity contribution in [3.63, 3.8) is 0 Å². The summed E-state index contributed by atoms with van der Waals surface area (Å²) in [6.07, 6.45) is 0. The molecule has 108 valence electrons. The average Bonchev–Trinajstić information content (AvgIpc) is 2.86. The van der Waals surface area contributed by atoms with Crippen LogP contribution in [-0.4, -0.2) is 16.7 Å². The van der Waals surface area contributed by atoms with Crippen LogP contribution in [0.5, 0.6) is 5.75 Å². The number of hydrogen-bond donors (Lipinski definition) is 0. The summed E-state index contributed by atoms with van der Waals surface area (Å²) in [5, 5.41) is 0. The first-order valence-corrected chi connectivity index (χ1v) is 7.40. The van der Waals surface area contributed by atoms with Gasteiger partial charge in [0.15, 0.2) is 0 Å². The molecule has 0 bridgehead atoms. The van der Waals surface area contributed by atoms with Crippen LogP contribution in [0.15, 0.2) is 42.5 Å². The first-order valence-electron chi connectivity index (χ1n) is 6.86. The second kappa shape index (κ2) is 5.78. The highest BCUT2D eigenvalue weighted by Crippen LogP contribution is 2.24. The van der Waals surface area contributed by atoms with Gasteiger partial charge in [0, 0.05) is 12.6 Å². The van der Waals surface area contributed by atoms with Gasteiger partial charge in [-0.3, -0.25) is 0 Å². The number of fused-ring (bicyclic) bond motifs is 1. The summed E-state index contributed by atoms with van der Waals surface area (Å²) in [6, 6.07) is 14.3. The van der Waals surface area contributed by atoms with E-state index in [4.69, 9.17) is 16.3 Å². The molecule has 0 saturated heterocycles. The lowest BCUT2D eigenvalue weighted by Crippen LogP contribution is -2.05. The smallest absolute Gasteiger partial charge is 0.125 e. The minimum atomic E-state index is 0.392. The predicted molar refractivity (Wildman–Crippen MR) is 86.1 cm³/mol. The van der Waals surface area contributed by atoms with Gasteiger partial charge >= 0.3 is 0 Å². The number of alkyl halides is 1. The fraction of sp³-hybridized carbons (Fsp3) is 0.235. The van der Waals surface area contributed by atoms with E-state index in [1.807, 2.05) is 18.2 Å². The fourth-order valence-corrected chi connectivity index (χ4v) is 2.72. The van der Waals surface area contributed by atoms with Crippen molar-refractivity contribution in [2.45, 2.75) is 19.3 Å². The maximum absolute atomic E-state index is 6.07. The first kappa shape index (κ1) is 14.0. The summed E-state index contributed by atoms with van der Waals surface area (Å²) < 4.78 is 7.48. The zero-order chi connectivity index (χ0) is 14.8. The van der Waals surface area contributed by atoms with Crippen molar-refractivity contribution in [1.29, 1.82) is 0 Å². The molecule has 3 aromatic rings. The van der Waals surface area contributed by atoms with Gasteiger partial charge in [-0.15, -0.1) is 11.6 Å². The number of imidazole rings is 1. The van der Waals surface area contributed by atoms with E-state index in [0.717, 1.165) is 29.2 Å². The number of nitrogens with zero attached hydrogens (tertiary/aromatic N) is 2. The number of methoxy groups -OCH3 is 1. The molecule has 0 radical (unpaired) electrons. The van der Waals surface area contributed by atoms with Crippen molar-refractivity contribution < 1.29 is 4.74 Å². The molecule has 3 nitrogen and oxygen atoms in total. The first-order chi connectivity index (χ1) is 10.2. The van der Waals surface area contributed by atoms with Crippen molar-refractivity contribution in [3.05, 3.63) is 59.4 Å². The molecule has 0 amide bonds. The Hall–Kier alpha value is -2.00. The van der Waals surface area contributed by atoms with Crippen LogP contribution >= 0.6 is 11.6 Å². The van der Waals surface area contributed by atoms with E-state index in [2.05, 4.69) is 40.7 Å². The quantitative estimate of drug-likeness (QED) is 0.677. The lowest BCUT2D eigenvalue weighted by molar-refractivity contribution is 0.415. The molecule has 4 heteroatoms. The molecule has 0 fully saturated rings. The molecule has 1 aromatic heterocycles. The van der Waals surface area contributed by atoms with E-state index in [-0.39, 0.29) is 0 Å². The molecule has 0 spiro atoms. The van der Waals surface area contributed by atoms with Gasteiger partial charge < -0.3 is 9.30 Å². The lowest BCUT2D eigenvalue weighted by atomic mass is 10.1. The Labute approximate surface area is 129 Å². The van der Waals surface area contributed by atoms with E-state index >= 15 is 0 Å². The molecule has 0 N–H and O–H groups in total. The highest BCUT2D eigenvalue weighted by molar-refractivity contribution is 6.16. The molecule has 21 heavy (non-hydrogen) atoms. The molecule has 0 saturated carbocycles. The number of benzene rings is 2. The van der Waals surface area contributed by atoms with Gasteiger partial charge in [0.2, 0.25) is 0 Å². The summed E-state index contributed by atoms with van der Waals surface area (Å²) in [5.74, 6) is 2.10. The Morgan fingerprint density at radius 2 is 2.00 bits per heavy atom. The summed E-state index contributed by atoms with van der Waals surface area (Å²) in [4.78, 5) is 4.61. The van der Waals surface area contributed by atoms with Crippen molar-refractivity contribution >= 4 is 22.6 Å². The number of halogens is 1. The van der Waals surface area contributed by atoms with Crippen LogP contribution in [0.1, 0.15) is 17.0 Å².